The van der Waals surface area contributed by atoms with Gasteiger partial charge in [-0.2, -0.15) is 0 Å². The van der Waals surface area contributed by atoms with E-state index in [4.69, 9.17) is 0 Å². The van der Waals surface area contributed by atoms with Crippen LogP contribution in [0.1, 0.15) is 28.7 Å². The molecule has 0 saturated carbocycles. The Hall–Kier alpha value is -3.43. The van der Waals surface area contributed by atoms with Gasteiger partial charge in [0.05, 0.1) is 10.6 Å². The number of nitrogens with one attached hydrogen (secondary N) is 1. The fraction of sp³-hybridized carbons (Fsp3) is 0.130. The number of aliphatic imine (C=N–C) groups is 1. The topological polar surface area (TPSA) is 101 Å². The minimum atomic E-state index is -3.76. The molecule has 0 amide bonds. The lowest BCUT2D eigenvalue weighted by molar-refractivity contribution is 0.100. The number of carbonyl (C=O) groups excluding carboxylic acids is 1. The van der Waals surface area contributed by atoms with Gasteiger partial charge in [0.15, 0.2) is 5.78 Å². The summed E-state index contributed by atoms with van der Waals surface area (Å²) in [6.07, 6.45) is 2.38. The van der Waals surface area contributed by atoms with E-state index in [0.29, 0.717) is 17.7 Å². The van der Waals surface area contributed by atoms with E-state index in [2.05, 4.69) is 19.9 Å². The summed E-state index contributed by atoms with van der Waals surface area (Å²) in [6, 6.07) is 19.5. The Balaban J connectivity index is 1.42. The van der Waals surface area contributed by atoms with Crippen molar-refractivity contribution in [3.05, 3.63) is 77.3 Å². The molecule has 4 aromatic rings. The minimum absolute atomic E-state index is 0.0301. The van der Waals surface area contributed by atoms with Gasteiger partial charge in [-0.15, -0.1) is 10.2 Å². The van der Waals surface area contributed by atoms with E-state index in [0.717, 1.165) is 15.8 Å². The predicted octanol–water partition coefficient (Wildman–Crippen LogP) is 5.03. The minimum Gasteiger partial charge on any atom is -0.294 e. The van der Waals surface area contributed by atoms with Gasteiger partial charge in [0.1, 0.15) is 5.01 Å². The van der Waals surface area contributed by atoms with Crippen LogP contribution >= 0.6 is 11.3 Å². The molecule has 0 aliphatic carbocycles. The molecule has 0 bridgehead atoms. The van der Waals surface area contributed by atoms with Crippen LogP contribution in [0.25, 0.3) is 10.8 Å². The average Bonchev–Trinajstić information content (AvgIpc) is 3.26. The van der Waals surface area contributed by atoms with Crippen molar-refractivity contribution in [2.24, 2.45) is 4.99 Å². The Bertz CT molecular complexity index is 1390. The molecule has 0 unspecified atom stereocenters. The number of hydrogen-bond acceptors (Lipinski definition) is 7. The number of fused-ring (bicyclic) bond motifs is 1. The molecule has 9 heteroatoms. The number of ketones is 1. The van der Waals surface area contributed by atoms with Gasteiger partial charge in [0.2, 0.25) is 5.13 Å². The second-order valence-electron chi connectivity index (χ2n) is 6.92. The van der Waals surface area contributed by atoms with Gasteiger partial charge in [-0.3, -0.25) is 14.5 Å². The van der Waals surface area contributed by atoms with Gasteiger partial charge in [-0.05, 0) is 41.5 Å². The number of sulfonamides is 1. The summed E-state index contributed by atoms with van der Waals surface area (Å²) in [7, 11) is -3.76. The molecule has 7 nitrogen and oxygen atoms in total. The van der Waals surface area contributed by atoms with E-state index in [9.17, 15) is 13.2 Å². The molecule has 3 aromatic carbocycles. The van der Waals surface area contributed by atoms with Gasteiger partial charge < -0.3 is 0 Å². The van der Waals surface area contributed by atoms with Gasteiger partial charge in [0.25, 0.3) is 10.0 Å². The molecule has 1 heterocycles. The van der Waals surface area contributed by atoms with Crippen LogP contribution in [0, 0.1) is 0 Å². The highest BCUT2D eigenvalue weighted by Crippen LogP contribution is 2.23. The van der Waals surface area contributed by atoms with Gasteiger partial charge >= 0.3 is 0 Å². The fourth-order valence-electron chi connectivity index (χ4n) is 3.14. The molecule has 0 radical (unpaired) electrons. The lowest BCUT2D eigenvalue weighted by Gasteiger charge is -2.05. The maximum atomic E-state index is 12.6. The number of aryl methyl sites for hydroxylation is 1. The summed E-state index contributed by atoms with van der Waals surface area (Å²) in [5.74, 6) is -0.0301. The van der Waals surface area contributed by atoms with Crippen LogP contribution < -0.4 is 4.72 Å². The largest absolute Gasteiger partial charge is 0.294 e. The zero-order valence-electron chi connectivity index (χ0n) is 17.2. The molecule has 0 aliphatic heterocycles. The molecular weight excluding hydrogens is 444 g/mol. The zero-order chi connectivity index (χ0) is 22.6. The Morgan fingerprint density at radius 1 is 1.03 bits per heavy atom. The summed E-state index contributed by atoms with van der Waals surface area (Å²) >= 11 is 1.20. The first-order chi connectivity index (χ1) is 15.5. The van der Waals surface area contributed by atoms with Crippen molar-refractivity contribution in [2.45, 2.75) is 24.7 Å². The summed E-state index contributed by atoms with van der Waals surface area (Å²) in [5, 5.41) is 10.7. The number of aromatic nitrogens is 2. The molecule has 0 spiro atoms. The summed E-state index contributed by atoms with van der Waals surface area (Å²) < 4.78 is 27.5. The number of Topliss-reactive ketones (excluding diaryl/α,β-unsaturated/α-hetero) is 1. The number of carbonyl (C=O) groups is 1. The Kier molecular flexibility index (Phi) is 6.38. The van der Waals surface area contributed by atoms with Crippen molar-refractivity contribution in [3.63, 3.8) is 0 Å². The van der Waals surface area contributed by atoms with E-state index < -0.39 is 10.0 Å². The maximum Gasteiger partial charge on any atom is 0.263 e. The van der Waals surface area contributed by atoms with E-state index in [1.54, 1.807) is 18.3 Å². The van der Waals surface area contributed by atoms with E-state index >= 15 is 0 Å². The van der Waals surface area contributed by atoms with Crippen LogP contribution in [0.2, 0.25) is 0 Å². The highest BCUT2D eigenvalue weighted by atomic mass is 32.2. The van der Waals surface area contributed by atoms with Crippen molar-refractivity contribution >= 4 is 54.9 Å². The first-order valence-electron chi connectivity index (χ1n) is 9.95. The van der Waals surface area contributed by atoms with Gasteiger partial charge in [-0.1, -0.05) is 60.7 Å². The third-order valence-electron chi connectivity index (χ3n) is 4.75. The monoisotopic (exact) mass is 464 g/mol. The SMILES string of the molecule is CCc1nnc(NS(=O)(=O)c2ccc(N=CCC(=O)c3cccc4ccccc34)cc2)s1. The number of rotatable bonds is 8. The predicted molar refractivity (Wildman–Crippen MR) is 128 cm³/mol. The van der Waals surface area contributed by atoms with Crippen molar-refractivity contribution in [1.82, 2.24) is 10.2 Å². The number of benzene rings is 3. The van der Waals surface area contributed by atoms with Crippen LogP contribution in [-0.2, 0) is 16.4 Å². The Labute approximate surface area is 189 Å². The van der Waals surface area contributed by atoms with Crippen LogP contribution in [-0.4, -0.2) is 30.6 Å². The lowest BCUT2D eigenvalue weighted by atomic mass is 10.0. The number of hydrogen-bond donors (Lipinski definition) is 1. The standard InChI is InChI=1S/C23H20N4O3S2/c1-2-22-25-26-23(31-22)27-32(29,30)18-12-10-17(11-13-18)24-15-14-21(28)20-9-5-7-16-6-3-4-8-19(16)20/h3-13,15H,2,14H2,1H3,(H,26,27). The first kappa shape index (κ1) is 21.8. The Morgan fingerprint density at radius 3 is 2.53 bits per heavy atom. The normalized spacial score (nSPS) is 11.8. The molecule has 0 aliphatic rings. The van der Waals surface area contributed by atoms with Crippen LogP contribution in [0.5, 0.6) is 0 Å². The highest BCUT2D eigenvalue weighted by Gasteiger charge is 2.16. The fourth-order valence-corrected chi connectivity index (χ4v) is 5.04. The Morgan fingerprint density at radius 2 is 1.78 bits per heavy atom. The van der Waals surface area contributed by atoms with Crippen molar-refractivity contribution in [3.8, 4) is 0 Å². The molecule has 1 N–H and O–H groups in total. The highest BCUT2D eigenvalue weighted by molar-refractivity contribution is 7.93. The van der Waals surface area contributed by atoms with E-state index in [1.165, 1.54) is 23.5 Å². The van der Waals surface area contributed by atoms with Crippen molar-refractivity contribution in [1.29, 1.82) is 0 Å². The molecule has 0 atom stereocenters. The molecule has 0 saturated heterocycles. The summed E-state index contributed by atoms with van der Waals surface area (Å²) in [5.41, 5.74) is 1.21. The van der Waals surface area contributed by atoms with E-state index in [-0.39, 0.29) is 22.2 Å². The third kappa shape index (κ3) is 4.90. The van der Waals surface area contributed by atoms with Gasteiger partial charge in [-0.25, -0.2) is 8.42 Å². The van der Waals surface area contributed by atoms with Crippen LogP contribution in [0.3, 0.4) is 0 Å². The number of nitrogens with zero attached hydrogens (tertiary/aromatic N) is 3. The summed E-state index contributed by atoms with van der Waals surface area (Å²) in [6.45, 7) is 1.92. The van der Waals surface area contributed by atoms with Gasteiger partial charge in [0, 0.05) is 18.2 Å². The smallest absolute Gasteiger partial charge is 0.263 e. The first-order valence-corrected chi connectivity index (χ1v) is 12.2. The maximum absolute atomic E-state index is 12.6. The van der Waals surface area contributed by atoms with Crippen molar-refractivity contribution in [2.75, 3.05) is 4.72 Å². The molecular formula is C23H20N4O3S2. The second-order valence-corrected chi connectivity index (χ2v) is 9.66. The van der Waals surface area contributed by atoms with Crippen molar-refractivity contribution < 1.29 is 13.2 Å². The van der Waals surface area contributed by atoms with Crippen LogP contribution in [0.15, 0.2) is 76.6 Å². The molecule has 4 rings (SSSR count). The zero-order valence-corrected chi connectivity index (χ0v) is 18.9. The molecule has 32 heavy (non-hydrogen) atoms. The third-order valence-corrected chi connectivity index (χ3v) is 7.21. The molecule has 0 fully saturated rings. The summed E-state index contributed by atoms with van der Waals surface area (Å²) in [4.78, 5) is 17.0. The van der Waals surface area contributed by atoms with E-state index in [1.807, 2.05) is 49.4 Å². The lowest BCUT2D eigenvalue weighted by Crippen LogP contribution is -2.12. The molecule has 162 valence electrons. The molecule has 1 aromatic heterocycles. The average molecular weight is 465 g/mol. The van der Waals surface area contributed by atoms with Crippen LogP contribution in [0.4, 0.5) is 10.8 Å². The second kappa shape index (κ2) is 9.37. The quantitative estimate of drug-likeness (QED) is 0.291. The number of anilines is 1.